The van der Waals surface area contributed by atoms with Gasteiger partial charge in [0.1, 0.15) is 11.9 Å². The Morgan fingerprint density at radius 3 is 2.62 bits per heavy atom. The summed E-state index contributed by atoms with van der Waals surface area (Å²) in [6, 6.07) is 5.99. The summed E-state index contributed by atoms with van der Waals surface area (Å²) in [7, 11) is 0. The van der Waals surface area contributed by atoms with Crippen molar-refractivity contribution in [3.8, 4) is 6.07 Å². The SMILES string of the molecule is Cc1ccc(C#N)c(N2CCCN(C(=O)N3CCOCC3)CC2)n1. The summed E-state index contributed by atoms with van der Waals surface area (Å²) in [5, 5.41) is 9.32. The van der Waals surface area contributed by atoms with Gasteiger partial charge in [-0.2, -0.15) is 5.26 Å². The Balaban J connectivity index is 1.68. The molecule has 7 heteroatoms. The maximum Gasteiger partial charge on any atom is 0.320 e. The van der Waals surface area contributed by atoms with Crippen LogP contribution >= 0.6 is 0 Å². The molecule has 7 nitrogen and oxygen atoms in total. The second-order valence-corrected chi connectivity index (χ2v) is 6.15. The largest absolute Gasteiger partial charge is 0.378 e. The van der Waals surface area contributed by atoms with E-state index in [1.165, 1.54) is 0 Å². The van der Waals surface area contributed by atoms with E-state index in [0.717, 1.165) is 31.0 Å². The lowest BCUT2D eigenvalue weighted by Crippen LogP contribution is -2.49. The van der Waals surface area contributed by atoms with E-state index in [9.17, 15) is 10.1 Å². The fourth-order valence-electron chi connectivity index (χ4n) is 3.15. The van der Waals surface area contributed by atoms with Crippen molar-refractivity contribution in [1.29, 1.82) is 5.26 Å². The highest BCUT2D eigenvalue weighted by Crippen LogP contribution is 2.20. The second-order valence-electron chi connectivity index (χ2n) is 6.15. The molecule has 0 spiro atoms. The van der Waals surface area contributed by atoms with Gasteiger partial charge < -0.3 is 19.4 Å². The zero-order valence-corrected chi connectivity index (χ0v) is 14.1. The minimum absolute atomic E-state index is 0.0952. The molecule has 2 aliphatic heterocycles. The van der Waals surface area contributed by atoms with Gasteiger partial charge >= 0.3 is 6.03 Å². The van der Waals surface area contributed by atoms with Crippen molar-refractivity contribution in [3.63, 3.8) is 0 Å². The molecule has 0 saturated carbocycles. The van der Waals surface area contributed by atoms with Crippen molar-refractivity contribution in [2.45, 2.75) is 13.3 Å². The molecule has 0 aromatic carbocycles. The molecule has 2 fully saturated rings. The minimum atomic E-state index is 0.0952. The molecule has 1 aromatic heterocycles. The number of ether oxygens (including phenoxy) is 1. The molecule has 2 aliphatic rings. The third kappa shape index (κ3) is 3.60. The highest BCUT2D eigenvalue weighted by molar-refractivity contribution is 5.74. The minimum Gasteiger partial charge on any atom is -0.378 e. The van der Waals surface area contributed by atoms with Crippen LogP contribution in [-0.4, -0.2) is 73.3 Å². The molecule has 0 atom stereocenters. The lowest BCUT2D eigenvalue weighted by Gasteiger charge is -2.32. The van der Waals surface area contributed by atoms with Gasteiger partial charge in [-0.25, -0.2) is 9.78 Å². The van der Waals surface area contributed by atoms with E-state index in [2.05, 4.69) is 16.0 Å². The molecule has 0 bridgehead atoms. The Morgan fingerprint density at radius 2 is 1.88 bits per heavy atom. The third-order valence-corrected chi connectivity index (χ3v) is 4.48. The monoisotopic (exact) mass is 329 g/mol. The van der Waals surface area contributed by atoms with Gasteiger partial charge in [-0.15, -0.1) is 0 Å². The van der Waals surface area contributed by atoms with Gasteiger partial charge in [0.05, 0.1) is 18.8 Å². The number of aromatic nitrogens is 1. The Bertz CT molecular complexity index is 636. The lowest BCUT2D eigenvalue weighted by molar-refractivity contribution is 0.0438. The Morgan fingerprint density at radius 1 is 1.12 bits per heavy atom. The number of carbonyl (C=O) groups excluding carboxylic acids is 1. The summed E-state index contributed by atoms with van der Waals surface area (Å²) in [4.78, 5) is 23.1. The molecule has 0 N–H and O–H groups in total. The van der Waals surface area contributed by atoms with Gasteiger partial charge in [0, 0.05) is 45.0 Å². The number of nitrogens with zero attached hydrogens (tertiary/aromatic N) is 5. The molecule has 2 saturated heterocycles. The van der Waals surface area contributed by atoms with Crippen molar-refractivity contribution < 1.29 is 9.53 Å². The molecule has 3 rings (SSSR count). The number of hydrogen-bond acceptors (Lipinski definition) is 5. The molecule has 2 amide bonds. The van der Waals surface area contributed by atoms with E-state index in [4.69, 9.17) is 4.74 Å². The molecule has 128 valence electrons. The number of anilines is 1. The number of morpholine rings is 1. The van der Waals surface area contributed by atoms with Crippen LogP contribution in [0.5, 0.6) is 0 Å². The van der Waals surface area contributed by atoms with Gasteiger partial charge in [-0.3, -0.25) is 0 Å². The topological polar surface area (TPSA) is 72.7 Å². The van der Waals surface area contributed by atoms with E-state index in [0.29, 0.717) is 45.0 Å². The number of pyridine rings is 1. The van der Waals surface area contributed by atoms with Crippen LogP contribution in [0.2, 0.25) is 0 Å². The number of urea groups is 1. The van der Waals surface area contributed by atoms with Gasteiger partial charge in [-0.05, 0) is 25.5 Å². The van der Waals surface area contributed by atoms with Crippen LogP contribution in [0, 0.1) is 18.3 Å². The highest BCUT2D eigenvalue weighted by Gasteiger charge is 2.26. The first-order valence-electron chi connectivity index (χ1n) is 8.43. The number of nitriles is 1. The van der Waals surface area contributed by atoms with Crippen molar-refractivity contribution in [2.24, 2.45) is 0 Å². The number of hydrogen-bond donors (Lipinski definition) is 0. The van der Waals surface area contributed by atoms with Crippen LogP contribution in [0.3, 0.4) is 0 Å². The van der Waals surface area contributed by atoms with E-state index in [1.54, 1.807) is 0 Å². The smallest absolute Gasteiger partial charge is 0.320 e. The molecule has 0 unspecified atom stereocenters. The Hall–Kier alpha value is -2.33. The summed E-state index contributed by atoms with van der Waals surface area (Å²) in [5.74, 6) is 0.734. The Labute approximate surface area is 142 Å². The van der Waals surface area contributed by atoms with Crippen LogP contribution in [0.1, 0.15) is 17.7 Å². The van der Waals surface area contributed by atoms with Gasteiger partial charge in [0.25, 0.3) is 0 Å². The van der Waals surface area contributed by atoms with Gasteiger partial charge in [0.15, 0.2) is 0 Å². The van der Waals surface area contributed by atoms with Crippen molar-refractivity contribution in [3.05, 3.63) is 23.4 Å². The zero-order valence-electron chi connectivity index (χ0n) is 14.1. The fourth-order valence-corrected chi connectivity index (χ4v) is 3.15. The number of rotatable bonds is 1. The average molecular weight is 329 g/mol. The molecule has 3 heterocycles. The lowest BCUT2D eigenvalue weighted by atomic mass is 10.2. The quantitative estimate of drug-likeness (QED) is 0.775. The first kappa shape index (κ1) is 16.5. The van der Waals surface area contributed by atoms with Crippen molar-refractivity contribution >= 4 is 11.8 Å². The summed E-state index contributed by atoms with van der Waals surface area (Å²) in [6.07, 6.45) is 0.872. The van der Waals surface area contributed by atoms with Crippen LogP contribution in [0.4, 0.5) is 10.6 Å². The normalized spacial score (nSPS) is 18.9. The van der Waals surface area contributed by atoms with Crippen LogP contribution < -0.4 is 4.90 Å². The first-order valence-corrected chi connectivity index (χ1v) is 8.43. The van der Waals surface area contributed by atoms with Crippen LogP contribution in [0.15, 0.2) is 12.1 Å². The van der Waals surface area contributed by atoms with Crippen LogP contribution in [0.25, 0.3) is 0 Å². The zero-order chi connectivity index (χ0) is 16.9. The molecular weight excluding hydrogens is 306 g/mol. The number of amides is 2. The summed E-state index contributed by atoms with van der Waals surface area (Å²) < 4.78 is 5.31. The molecule has 24 heavy (non-hydrogen) atoms. The standard InChI is InChI=1S/C17H23N5O2/c1-14-3-4-15(13-18)16(19-14)20-5-2-6-21(8-7-20)17(23)22-9-11-24-12-10-22/h3-4H,2,5-12H2,1H3. The van der Waals surface area contributed by atoms with E-state index in [-0.39, 0.29) is 6.03 Å². The number of carbonyl (C=O) groups is 1. The highest BCUT2D eigenvalue weighted by atomic mass is 16.5. The third-order valence-electron chi connectivity index (χ3n) is 4.48. The molecule has 0 radical (unpaired) electrons. The van der Waals surface area contributed by atoms with E-state index >= 15 is 0 Å². The van der Waals surface area contributed by atoms with Crippen molar-refractivity contribution in [1.82, 2.24) is 14.8 Å². The first-order chi connectivity index (χ1) is 11.7. The second kappa shape index (κ2) is 7.49. The maximum absolute atomic E-state index is 12.6. The predicted octanol–water partition coefficient (Wildman–Crippen LogP) is 1.23. The van der Waals surface area contributed by atoms with Crippen molar-refractivity contribution in [2.75, 3.05) is 57.4 Å². The molecular formula is C17H23N5O2. The average Bonchev–Trinajstić information content (AvgIpc) is 2.88. The maximum atomic E-state index is 12.6. The van der Waals surface area contributed by atoms with Gasteiger partial charge in [-0.1, -0.05) is 0 Å². The summed E-state index contributed by atoms with van der Waals surface area (Å²) in [5.41, 5.74) is 1.49. The summed E-state index contributed by atoms with van der Waals surface area (Å²) in [6.45, 7) is 7.37. The van der Waals surface area contributed by atoms with E-state index < -0.39 is 0 Å². The van der Waals surface area contributed by atoms with Crippen LogP contribution in [-0.2, 0) is 4.74 Å². The molecule has 1 aromatic rings. The predicted molar refractivity (Wildman–Crippen MR) is 89.9 cm³/mol. The van der Waals surface area contributed by atoms with Gasteiger partial charge in [0.2, 0.25) is 0 Å². The van der Waals surface area contributed by atoms with E-state index in [1.807, 2.05) is 28.9 Å². The molecule has 0 aliphatic carbocycles. The summed E-state index contributed by atoms with van der Waals surface area (Å²) >= 11 is 0. The fraction of sp³-hybridized carbons (Fsp3) is 0.588. The number of aryl methyl sites for hydroxylation is 1. The Kier molecular flexibility index (Phi) is 5.16.